The number of nitrogens with zero attached hydrogens (tertiary/aromatic N) is 2. The lowest BCUT2D eigenvalue weighted by molar-refractivity contribution is 0.499. The van der Waals surface area contributed by atoms with Gasteiger partial charge in [-0.15, -0.1) is 0 Å². The van der Waals surface area contributed by atoms with Crippen molar-refractivity contribution in [1.82, 2.24) is 14.9 Å². The van der Waals surface area contributed by atoms with Gasteiger partial charge >= 0.3 is 0 Å². The highest BCUT2D eigenvalue weighted by Gasteiger charge is 2.20. The fourth-order valence-electron chi connectivity index (χ4n) is 4.64. The quantitative estimate of drug-likeness (QED) is 0.562. The van der Waals surface area contributed by atoms with Gasteiger partial charge in [-0.2, -0.15) is 0 Å². The van der Waals surface area contributed by atoms with Crippen LogP contribution in [0.2, 0.25) is 0 Å². The van der Waals surface area contributed by atoms with E-state index < -0.39 is 0 Å². The topological polar surface area (TPSA) is 70.8 Å². The smallest absolute Gasteiger partial charge is 0.261 e. The summed E-state index contributed by atoms with van der Waals surface area (Å²) in [5.74, 6) is 0. The van der Waals surface area contributed by atoms with Crippen LogP contribution < -0.4 is 10.9 Å². The van der Waals surface area contributed by atoms with E-state index >= 15 is 0 Å². The summed E-state index contributed by atoms with van der Waals surface area (Å²) < 4.78 is 1.86. The van der Waals surface area contributed by atoms with Crippen molar-refractivity contribution in [2.75, 3.05) is 7.05 Å². The van der Waals surface area contributed by atoms with Crippen LogP contribution in [0.4, 0.5) is 0 Å². The first-order valence-corrected chi connectivity index (χ1v) is 11.0. The molecule has 1 heterocycles. The molecule has 0 amide bonds. The molecule has 5 heteroatoms. The zero-order chi connectivity index (χ0) is 22.0. The second kappa shape index (κ2) is 8.88. The average molecular weight is 415 g/mol. The summed E-state index contributed by atoms with van der Waals surface area (Å²) in [4.78, 5) is 18.0. The number of rotatable bonds is 6. The Labute approximate surface area is 183 Å². The van der Waals surface area contributed by atoms with Crippen molar-refractivity contribution >= 4 is 22.7 Å². The molecule has 31 heavy (non-hydrogen) atoms. The number of nitrogens with one attached hydrogen (secondary N) is 2. The number of benzene rings is 2. The van der Waals surface area contributed by atoms with Crippen LogP contribution >= 0.6 is 0 Å². The number of hydrogen-bond acceptors (Lipinski definition) is 4. The van der Waals surface area contributed by atoms with E-state index in [1.165, 1.54) is 35.7 Å². The van der Waals surface area contributed by atoms with Crippen LogP contribution in [0.3, 0.4) is 0 Å². The Balaban J connectivity index is 1.71. The first kappa shape index (κ1) is 21.0. The zero-order valence-corrected chi connectivity index (χ0v) is 18.5. The van der Waals surface area contributed by atoms with Gasteiger partial charge in [0.25, 0.3) is 5.56 Å². The minimum absolute atomic E-state index is 0.0874. The Bertz CT molecular complexity index is 1200. The number of hydrogen-bond donors (Lipinski definition) is 2. The molecule has 2 aromatic carbocycles. The van der Waals surface area contributed by atoms with Crippen molar-refractivity contribution < 1.29 is 0 Å². The monoisotopic (exact) mass is 414 g/mol. The fourth-order valence-corrected chi connectivity index (χ4v) is 4.64. The zero-order valence-electron chi connectivity index (χ0n) is 18.5. The van der Waals surface area contributed by atoms with Crippen LogP contribution in [0.5, 0.6) is 0 Å². The third-order valence-corrected chi connectivity index (χ3v) is 6.60. The van der Waals surface area contributed by atoms with Gasteiger partial charge in [0, 0.05) is 31.1 Å². The van der Waals surface area contributed by atoms with E-state index in [-0.39, 0.29) is 11.6 Å². The van der Waals surface area contributed by atoms with Gasteiger partial charge in [-0.05, 0) is 67.0 Å². The fraction of sp³-hybridized carbons (Fsp3) is 0.346. The minimum Gasteiger partial charge on any atom is -0.393 e. The van der Waals surface area contributed by atoms with Crippen molar-refractivity contribution in [3.05, 3.63) is 81.0 Å². The van der Waals surface area contributed by atoms with Gasteiger partial charge in [-0.25, -0.2) is 4.98 Å². The molecule has 1 fully saturated rings. The molecule has 0 spiro atoms. The van der Waals surface area contributed by atoms with E-state index in [1.807, 2.05) is 29.9 Å². The van der Waals surface area contributed by atoms with Crippen LogP contribution in [0.15, 0.2) is 47.7 Å². The maximum atomic E-state index is 13.3. The van der Waals surface area contributed by atoms with Crippen LogP contribution in [0, 0.1) is 19.3 Å². The van der Waals surface area contributed by atoms with Gasteiger partial charge < -0.3 is 10.7 Å². The molecule has 0 aliphatic heterocycles. The summed E-state index contributed by atoms with van der Waals surface area (Å²) in [5.41, 5.74) is 7.38. The third kappa shape index (κ3) is 4.05. The maximum Gasteiger partial charge on any atom is 0.261 e. The standard InChI is InChI=1S/C26H30N4O/c1-17-18(2)25-24(26(31)30(16-29-25)23-6-4-5-7-23)13-21(17)12-19-8-10-20(11-9-19)22(14-27)15-28-3/h8-11,13-16,23,27-28H,4-7,12H2,1-3H3/b22-15+,27-14?. The molecule has 5 nitrogen and oxygen atoms in total. The molecule has 1 aliphatic carbocycles. The van der Waals surface area contributed by atoms with Crippen molar-refractivity contribution in [3.63, 3.8) is 0 Å². The third-order valence-electron chi connectivity index (χ3n) is 6.60. The second-order valence-electron chi connectivity index (χ2n) is 8.48. The van der Waals surface area contributed by atoms with Crippen molar-refractivity contribution in [3.8, 4) is 0 Å². The largest absolute Gasteiger partial charge is 0.393 e. The number of fused-ring (bicyclic) bond motifs is 1. The van der Waals surface area contributed by atoms with E-state index in [2.05, 4.69) is 42.3 Å². The molecule has 160 valence electrons. The summed E-state index contributed by atoms with van der Waals surface area (Å²) in [6, 6.07) is 10.6. The minimum atomic E-state index is 0.0874. The molecule has 4 rings (SSSR count). The first-order valence-electron chi connectivity index (χ1n) is 11.0. The lowest BCUT2D eigenvalue weighted by atomic mass is 9.94. The van der Waals surface area contributed by atoms with Gasteiger partial charge in [-0.1, -0.05) is 37.1 Å². The Morgan fingerprint density at radius 2 is 1.90 bits per heavy atom. The average Bonchev–Trinajstić information content (AvgIpc) is 3.31. The number of aryl methyl sites for hydroxylation is 1. The Morgan fingerprint density at radius 1 is 1.19 bits per heavy atom. The van der Waals surface area contributed by atoms with Gasteiger partial charge in [0.15, 0.2) is 0 Å². The van der Waals surface area contributed by atoms with Crippen molar-refractivity contribution in [2.24, 2.45) is 0 Å². The van der Waals surface area contributed by atoms with Gasteiger partial charge in [0.1, 0.15) is 0 Å². The van der Waals surface area contributed by atoms with Crippen molar-refractivity contribution in [1.29, 1.82) is 5.41 Å². The molecule has 2 N–H and O–H groups in total. The van der Waals surface area contributed by atoms with E-state index in [0.717, 1.165) is 46.9 Å². The lowest BCUT2D eigenvalue weighted by Gasteiger charge is -2.16. The number of allylic oxidation sites excluding steroid dienone is 1. The molecule has 1 aromatic heterocycles. The van der Waals surface area contributed by atoms with Gasteiger partial charge in [0.2, 0.25) is 0 Å². The SMILES string of the molecule is CN/C=C(\C=N)c1ccc(Cc2cc3c(=O)n(C4CCCC4)cnc3c(C)c2C)cc1. The summed E-state index contributed by atoms with van der Waals surface area (Å²) in [7, 11) is 1.83. The van der Waals surface area contributed by atoms with Gasteiger partial charge in [0.05, 0.1) is 17.2 Å². The highest BCUT2D eigenvalue weighted by Crippen LogP contribution is 2.29. The molecule has 3 aromatic rings. The normalized spacial score (nSPS) is 14.9. The predicted octanol–water partition coefficient (Wildman–Crippen LogP) is 4.93. The molecular formula is C26H30N4O. The summed E-state index contributed by atoms with van der Waals surface area (Å²) in [6.45, 7) is 4.18. The van der Waals surface area contributed by atoms with E-state index in [4.69, 9.17) is 5.41 Å². The van der Waals surface area contributed by atoms with E-state index in [0.29, 0.717) is 0 Å². The predicted molar refractivity (Wildman–Crippen MR) is 128 cm³/mol. The Morgan fingerprint density at radius 3 is 2.55 bits per heavy atom. The molecule has 0 unspecified atom stereocenters. The first-order chi connectivity index (χ1) is 15.0. The summed E-state index contributed by atoms with van der Waals surface area (Å²) >= 11 is 0. The summed E-state index contributed by atoms with van der Waals surface area (Å²) in [5, 5.41) is 11.3. The molecule has 1 saturated carbocycles. The number of aromatic nitrogens is 2. The lowest BCUT2D eigenvalue weighted by Crippen LogP contribution is -2.24. The molecule has 0 bridgehead atoms. The van der Waals surface area contributed by atoms with Crippen molar-refractivity contribution in [2.45, 2.75) is 52.0 Å². The Hall–Kier alpha value is -3.21. The Kier molecular flexibility index (Phi) is 6.03. The highest BCUT2D eigenvalue weighted by molar-refractivity contribution is 6.08. The summed E-state index contributed by atoms with van der Waals surface area (Å²) in [6.07, 6.45) is 10.2. The van der Waals surface area contributed by atoms with E-state index in [1.54, 1.807) is 6.33 Å². The van der Waals surface area contributed by atoms with Gasteiger partial charge in [-0.3, -0.25) is 9.36 Å². The maximum absolute atomic E-state index is 13.3. The highest BCUT2D eigenvalue weighted by atomic mass is 16.1. The molecule has 1 aliphatic rings. The molecule has 0 atom stereocenters. The van der Waals surface area contributed by atoms with Crippen LogP contribution in [-0.4, -0.2) is 22.8 Å². The van der Waals surface area contributed by atoms with Crippen LogP contribution in [0.25, 0.3) is 16.5 Å². The molecule has 0 radical (unpaired) electrons. The van der Waals surface area contributed by atoms with Crippen LogP contribution in [0.1, 0.15) is 59.5 Å². The van der Waals surface area contributed by atoms with Crippen LogP contribution in [-0.2, 0) is 6.42 Å². The second-order valence-corrected chi connectivity index (χ2v) is 8.48. The van der Waals surface area contributed by atoms with E-state index in [9.17, 15) is 4.79 Å². The molecular weight excluding hydrogens is 384 g/mol. The molecule has 0 saturated heterocycles.